The first-order chi connectivity index (χ1) is 7.17. The molecule has 4 heteroatoms. The number of nitrogens with one attached hydrogen (secondary N) is 1. The van der Waals surface area contributed by atoms with Gasteiger partial charge in [0.05, 0.1) is 6.07 Å². The van der Waals surface area contributed by atoms with E-state index < -0.39 is 17.7 Å². The smallest absolute Gasteiger partial charge is 0.126 e. The molecular formula is C11H10F2N2. The highest BCUT2D eigenvalue weighted by Gasteiger charge is 2.11. The van der Waals surface area contributed by atoms with E-state index in [0.717, 1.165) is 18.2 Å². The second-order valence-corrected chi connectivity index (χ2v) is 2.96. The Bertz CT molecular complexity index is 376. The summed E-state index contributed by atoms with van der Waals surface area (Å²) in [7, 11) is 0. The Morgan fingerprint density at radius 2 is 2.00 bits per heavy atom. The van der Waals surface area contributed by atoms with E-state index >= 15 is 0 Å². The Balaban J connectivity index is 2.92. The average Bonchev–Trinajstić information content (AvgIpc) is 2.17. The van der Waals surface area contributed by atoms with Crippen LogP contribution < -0.4 is 5.32 Å². The fourth-order valence-electron chi connectivity index (χ4n) is 1.18. The van der Waals surface area contributed by atoms with Crippen LogP contribution in [0.4, 0.5) is 8.78 Å². The summed E-state index contributed by atoms with van der Waals surface area (Å²) in [5, 5.41) is 11.6. The molecule has 0 saturated carbocycles. The van der Waals surface area contributed by atoms with Gasteiger partial charge in [0.2, 0.25) is 0 Å². The zero-order valence-corrected chi connectivity index (χ0v) is 8.00. The Morgan fingerprint density at radius 1 is 1.40 bits per heavy atom. The predicted molar refractivity (Wildman–Crippen MR) is 52.9 cm³/mol. The third-order valence-electron chi connectivity index (χ3n) is 1.81. The third-order valence-corrected chi connectivity index (χ3v) is 1.81. The van der Waals surface area contributed by atoms with Crippen LogP contribution in [0.15, 0.2) is 30.9 Å². The van der Waals surface area contributed by atoms with Crippen molar-refractivity contribution >= 4 is 0 Å². The van der Waals surface area contributed by atoms with E-state index in [-0.39, 0.29) is 5.56 Å². The van der Waals surface area contributed by atoms with Crippen LogP contribution in [-0.4, -0.2) is 6.54 Å². The van der Waals surface area contributed by atoms with Crippen LogP contribution in [0.5, 0.6) is 0 Å². The fraction of sp³-hybridized carbons (Fsp3) is 0.182. The van der Waals surface area contributed by atoms with E-state index in [0.29, 0.717) is 6.54 Å². The summed E-state index contributed by atoms with van der Waals surface area (Å²) in [5.74, 6) is -1.38. The second-order valence-electron chi connectivity index (χ2n) is 2.96. The second kappa shape index (κ2) is 5.23. The number of benzene rings is 1. The normalized spacial score (nSPS) is 11.8. The minimum atomic E-state index is -0.729. The zero-order valence-electron chi connectivity index (χ0n) is 8.00. The molecule has 0 spiro atoms. The van der Waals surface area contributed by atoms with Crippen LogP contribution in [0.3, 0.4) is 0 Å². The maximum absolute atomic E-state index is 12.8. The van der Waals surface area contributed by atoms with Gasteiger partial charge in [-0.1, -0.05) is 6.08 Å². The number of nitrogens with zero attached hydrogens (tertiary/aromatic N) is 1. The SMILES string of the molecule is C=CCNC(C#N)c1cc(F)cc(F)c1. The van der Waals surface area contributed by atoms with Crippen LogP contribution in [-0.2, 0) is 0 Å². The number of nitriles is 1. The van der Waals surface area contributed by atoms with Crippen LogP contribution in [0.25, 0.3) is 0 Å². The first-order valence-electron chi connectivity index (χ1n) is 4.37. The fourth-order valence-corrected chi connectivity index (χ4v) is 1.18. The summed E-state index contributed by atoms with van der Waals surface area (Å²) in [6, 6.07) is 4.22. The van der Waals surface area contributed by atoms with Gasteiger partial charge in [-0.05, 0) is 17.7 Å². The highest BCUT2D eigenvalue weighted by atomic mass is 19.1. The van der Waals surface area contributed by atoms with Crippen LogP contribution in [0.2, 0.25) is 0 Å². The first-order valence-corrected chi connectivity index (χ1v) is 4.37. The number of hydrogen-bond acceptors (Lipinski definition) is 2. The average molecular weight is 208 g/mol. The molecule has 1 atom stereocenters. The van der Waals surface area contributed by atoms with E-state index in [1.54, 1.807) is 6.08 Å². The van der Waals surface area contributed by atoms with Crippen molar-refractivity contribution in [2.24, 2.45) is 0 Å². The molecule has 2 nitrogen and oxygen atoms in total. The topological polar surface area (TPSA) is 35.8 Å². The van der Waals surface area contributed by atoms with Crippen molar-refractivity contribution in [3.8, 4) is 6.07 Å². The minimum Gasteiger partial charge on any atom is -0.295 e. The minimum absolute atomic E-state index is 0.275. The maximum Gasteiger partial charge on any atom is 0.126 e. The Hall–Kier alpha value is -1.73. The Kier molecular flexibility index (Phi) is 3.95. The van der Waals surface area contributed by atoms with Gasteiger partial charge < -0.3 is 0 Å². The first kappa shape index (κ1) is 11.3. The van der Waals surface area contributed by atoms with E-state index in [1.807, 2.05) is 6.07 Å². The van der Waals surface area contributed by atoms with E-state index in [2.05, 4.69) is 11.9 Å². The van der Waals surface area contributed by atoms with E-state index in [1.165, 1.54) is 0 Å². The van der Waals surface area contributed by atoms with Gasteiger partial charge in [0.15, 0.2) is 0 Å². The lowest BCUT2D eigenvalue weighted by atomic mass is 10.1. The maximum atomic E-state index is 12.8. The van der Waals surface area contributed by atoms with Gasteiger partial charge in [-0.2, -0.15) is 5.26 Å². The van der Waals surface area contributed by atoms with Gasteiger partial charge in [-0.15, -0.1) is 6.58 Å². The number of hydrogen-bond donors (Lipinski definition) is 1. The summed E-state index contributed by atoms with van der Waals surface area (Å²) in [6.45, 7) is 3.87. The third kappa shape index (κ3) is 3.15. The summed E-state index contributed by atoms with van der Waals surface area (Å²) in [4.78, 5) is 0. The molecular weight excluding hydrogens is 198 g/mol. The van der Waals surface area contributed by atoms with Crippen LogP contribution >= 0.6 is 0 Å². The van der Waals surface area contributed by atoms with E-state index in [9.17, 15) is 8.78 Å². The largest absolute Gasteiger partial charge is 0.295 e. The number of halogens is 2. The summed E-state index contributed by atoms with van der Waals surface area (Å²) in [5.41, 5.74) is 0.275. The molecule has 0 aliphatic heterocycles. The molecule has 1 rings (SSSR count). The molecule has 0 radical (unpaired) electrons. The van der Waals surface area contributed by atoms with Crippen molar-refractivity contribution < 1.29 is 8.78 Å². The molecule has 78 valence electrons. The lowest BCUT2D eigenvalue weighted by Crippen LogP contribution is -2.20. The van der Waals surface area contributed by atoms with Crippen molar-refractivity contribution in [2.75, 3.05) is 6.54 Å². The monoisotopic (exact) mass is 208 g/mol. The van der Waals surface area contributed by atoms with Gasteiger partial charge in [0.1, 0.15) is 17.7 Å². The molecule has 1 aromatic carbocycles. The molecule has 0 heterocycles. The van der Waals surface area contributed by atoms with E-state index in [4.69, 9.17) is 5.26 Å². The van der Waals surface area contributed by atoms with Crippen LogP contribution in [0.1, 0.15) is 11.6 Å². The zero-order chi connectivity index (χ0) is 11.3. The van der Waals surface area contributed by atoms with Gasteiger partial charge in [0.25, 0.3) is 0 Å². The molecule has 1 N–H and O–H groups in total. The number of rotatable bonds is 4. The molecule has 0 aliphatic carbocycles. The molecule has 0 saturated heterocycles. The highest BCUT2D eigenvalue weighted by molar-refractivity contribution is 5.25. The standard InChI is InChI=1S/C11H10F2N2/c1-2-3-15-11(7-14)8-4-9(12)6-10(13)5-8/h2,4-6,11,15H,1,3H2. The van der Waals surface area contributed by atoms with Crippen molar-refractivity contribution in [2.45, 2.75) is 6.04 Å². The molecule has 15 heavy (non-hydrogen) atoms. The van der Waals surface area contributed by atoms with Crippen molar-refractivity contribution in [3.05, 3.63) is 48.1 Å². The van der Waals surface area contributed by atoms with Gasteiger partial charge in [-0.25, -0.2) is 8.78 Å². The Labute approximate surface area is 86.8 Å². The Morgan fingerprint density at radius 3 is 2.47 bits per heavy atom. The molecule has 1 unspecified atom stereocenters. The van der Waals surface area contributed by atoms with Gasteiger partial charge in [-0.3, -0.25) is 5.32 Å². The summed E-state index contributed by atoms with van der Waals surface area (Å²) >= 11 is 0. The molecule has 0 bridgehead atoms. The predicted octanol–water partition coefficient (Wildman–Crippen LogP) is 2.31. The lowest BCUT2D eigenvalue weighted by Gasteiger charge is -2.10. The molecule has 1 aromatic rings. The van der Waals surface area contributed by atoms with Crippen molar-refractivity contribution in [1.29, 1.82) is 5.26 Å². The van der Waals surface area contributed by atoms with Gasteiger partial charge >= 0.3 is 0 Å². The quantitative estimate of drug-likeness (QED) is 0.770. The molecule has 0 aliphatic rings. The summed E-state index contributed by atoms with van der Waals surface area (Å²) < 4.78 is 25.7. The molecule has 0 aromatic heterocycles. The van der Waals surface area contributed by atoms with Gasteiger partial charge in [0, 0.05) is 12.6 Å². The lowest BCUT2D eigenvalue weighted by molar-refractivity contribution is 0.572. The highest BCUT2D eigenvalue weighted by Crippen LogP contribution is 2.15. The molecule has 0 amide bonds. The van der Waals surface area contributed by atoms with Crippen LogP contribution in [0, 0.1) is 23.0 Å². The van der Waals surface area contributed by atoms with Crippen molar-refractivity contribution in [1.82, 2.24) is 5.32 Å². The molecule has 0 fully saturated rings. The summed E-state index contributed by atoms with van der Waals surface area (Å²) in [6.07, 6.45) is 1.57. The van der Waals surface area contributed by atoms with Crippen molar-refractivity contribution in [3.63, 3.8) is 0 Å².